The largest absolute Gasteiger partial charge is 0.455 e. The van der Waals surface area contributed by atoms with Crippen LogP contribution in [0, 0.1) is 23.7 Å². The molecule has 212 valence electrons. The number of fused-ring (bicyclic) bond motifs is 5. The van der Waals surface area contributed by atoms with E-state index in [2.05, 4.69) is 129 Å². The lowest BCUT2D eigenvalue weighted by molar-refractivity contribution is -0.659. The number of benzene rings is 4. The van der Waals surface area contributed by atoms with Gasteiger partial charge in [-0.1, -0.05) is 91.8 Å². The van der Waals surface area contributed by atoms with Gasteiger partial charge in [-0.05, 0) is 87.2 Å². The molecular weight excluding hydrogens is 498 g/mol. The van der Waals surface area contributed by atoms with Crippen molar-refractivity contribution in [1.29, 1.82) is 0 Å². The Labute approximate surface area is 246 Å². The number of pyridine rings is 1. The minimum Gasteiger partial charge on any atom is -0.455 e. The van der Waals surface area contributed by atoms with Gasteiger partial charge in [-0.2, -0.15) is 0 Å². The van der Waals surface area contributed by atoms with Crippen LogP contribution in [0.4, 0.5) is 0 Å². The zero-order valence-corrected chi connectivity index (χ0v) is 26.8. The summed E-state index contributed by atoms with van der Waals surface area (Å²) < 4.78 is 9.42. The Morgan fingerprint density at radius 2 is 1.54 bits per heavy atom. The fourth-order valence-corrected chi connectivity index (χ4v) is 7.06. The molecule has 0 atom stereocenters. The minimum atomic E-state index is 0.118. The van der Waals surface area contributed by atoms with E-state index in [1.807, 2.05) is 0 Å². The van der Waals surface area contributed by atoms with E-state index < -0.39 is 0 Å². The van der Waals surface area contributed by atoms with Gasteiger partial charge in [0.1, 0.15) is 18.5 Å². The van der Waals surface area contributed by atoms with E-state index in [0.717, 1.165) is 30.8 Å². The highest BCUT2D eigenvalue weighted by Gasteiger charge is 2.34. The van der Waals surface area contributed by atoms with E-state index in [1.54, 1.807) is 0 Å². The lowest BCUT2D eigenvalue weighted by atomic mass is 9.80. The van der Waals surface area contributed by atoms with Crippen molar-refractivity contribution in [2.75, 3.05) is 0 Å². The molecule has 0 amide bonds. The summed E-state index contributed by atoms with van der Waals surface area (Å²) in [7, 11) is 2.20. The Morgan fingerprint density at radius 3 is 2.22 bits per heavy atom. The van der Waals surface area contributed by atoms with Crippen LogP contribution in [0.15, 0.2) is 54.7 Å². The molecule has 1 aliphatic heterocycles. The molecule has 0 spiro atoms. The van der Waals surface area contributed by atoms with Crippen LogP contribution in [0.2, 0.25) is 0 Å². The van der Waals surface area contributed by atoms with Crippen molar-refractivity contribution in [1.82, 2.24) is 0 Å². The number of aromatic nitrogens is 1. The van der Waals surface area contributed by atoms with Gasteiger partial charge in [0.2, 0.25) is 5.69 Å². The molecule has 2 nitrogen and oxygen atoms in total. The van der Waals surface area contributed by atoms with E-state index in [9.17, 15) is 0 Å². The van der Waals surface area contributed by atoms with Gasteiger partial charge < -0.3 is 4.74 Å². The second kappa shape index (κ2) is 9.58. The van der Waals surface area contributed by atoms with Crippen molar-refractivity contribution in [3.8, 4) is 22.8 Å². The molecule has 41 heavy (non-hydrogen) atoms. The summed E-state index contributed by atoms with van der Waals surface area (Å²) in [4.78, 5) is 0. The van der Waals surface area contributed by atoms with Crippen LogP contribution in [-0.4, -0.2) is 0 Å². The van der Waals surface area contributed by atoms with Gasteiger partial charge in [0, 0.05) is 17.0 Å². The van der Waals surface area contributed by atoms with Crippen molar-refractivity contribution in [2.45, 2.75) is 81.6 Å². The van der Waals surface area contributed by atoms with E-state index in [-0.39, 0.29) is 10.8 Å². The highest BCUT2D eigenvalue weighted by Crippen LogP contribution is 2.53. The molecule has 0 aliphatic carbocycles. The molecule has 1 aliphatic rings. The lowest BCUT2D eigenvalue weighted by Gasteiger charge is -2.29. The fraction of sp³-hybridized carbons (Fsp3) is 0.410. The topological polar surface area (TPSA) is 13.1 Å². The Hall–Kier alpha value is -3.39. The van der Waals surface area contributed by atoms with Crippen LogP contribution in [0.1, 0.15) is 77.6 Å². The first-order valence-corrected chi connectivity index (χ1v) is 15.3. The van der Waals surface area contributed by atoms with E-state index in [0.29, 0.717) is 5.92 Å². The molecule has 0 radical (unpaired) electrons. The van der Waals surface area contributed by atoms with Crippen molar-refractivity contribution in [2.24, 2.45) is 23.8 Å². The predicted molar refractivity (Wildman–Crippen MR) is 175 cm³/mol. The molecule has 0 N–H and O–H groups in total. The van der Waals surface area contributed by atoms with Crippen molar-refractivity contribution in [3.05, 3.63) is 77.0 Å². The van der Waals surface area contributed by atoms with Gasteiger partial charge >= 0.3 is 0 Å². The normalized spacial score (nSPS) is 13.3. The maximum Gasteiger partial charge on any atom is 0.228 e. The first-order chi connectivity index (χ1) is 19.2. The zero-order valence-electron chi connectivity index (χ0n) is 26.8. The smallest absolute Gasteiger partial charge is 0.228 e. The summed E-state index contributed by atoms with van der Waals surface area (Å²) >= 11 is 0. The average Bonchev–Trinajstić information content (AvgIpc) is 2.86. The monoisotopic (exact) mass is 544 g/mol. The summed E-state index contributed by atoms with van der Waals surface area (Å²) in [6.45, 7) is 20.9. The summed E-state index contributed by atoms with van der Waals surface area (Å²) in [5.74, 6) is 2.61. The van der Waals surface area contributed by atoms with Crippen molar-refractivity contribution < 1.29 is 9.30 Å². The first-order valence-electron chi connectivity index (χ1n) is 15.3. The lowest BCUT2D eigenvalue weighted by Crippen LogP contribution is -2.32. The molecule has 0 saturated carbocycles. The highest BCUT2D eigenvalue weighted by atomic mass is 16.5. The van der Waals surface area contributed by atoms with E-state index in [1.165, 1.54) is 65.8 Å². The molecule has 0 unspecified atom stereocenters. The van der Waals surface area contributed by atoms with E-state index in [4.69, 9.17) is 4.74 Å². The van der Waals surface area contributed by atoms with Gasteiger partial charge in [-0.15, -0.1) is 0 Å². The maximum absolute atomic E-state index is 7.10. The van der Waals surface area contributed by atoms with Crippen LogP contribution in [0.5, 0.6) is 11.5 Å². The summed E-state index contributed by atoms with van der Waals surface area (Å²) in [6, 6.07) is 18.5. The number of ether oxygens (including phenoxy) is 1. The maximum atomic E-state index is 7.10. The third-order valence-corrected chi connectivity index (χ3v) is 8.52. The molecule has 1 aromatic heterocycles. The molecular formula is C39H46NO+. The Balaban J connectivity index is 1.74. The SMILES string of the molecule is Cc1c2c(c(CC(C)(C)C)c3ccc(CC(C)(C)C)cc13)Oc1cc3cccc(CC(C)C)c3c3cc[n+](C)c-2c13. The minimum absolute atomic E-state index is 0.118. The van der Waals surface area contributed by atoms with Gasteiger partial charge in [0.15, 0.2) is 6.20 Å². The Morgan fingerprint density at radius 1 is 0.805 bits per heavy atom. The number of nitrogens with zero attached hydrogens (tertiary/aromatic N) is 1. The van der Waals surface area contributed by atoms with Gasteiger partial charge in [-0.3, -0.25) is 0 Å². The van der Waals surface area contributed by atoms with Gasteiger partial charge in [-0.25, -0.2) is 4.57 Å². The average molecular weight is 545 g/mol. The predicted octanol–water partition coefficient (Wildman–Crippen LogP) is 10.4. The highest BCUT2D eigenvalue weighted by molar-refractivity contribution is 6.17. The molecule has 4 aromatic carbocycles. The third-order valence-electron chi connectivity index (χ3n) is 8.52. The van der Waals surface area contributed by atoms with Crippen LogP contribution in [-0.2, 0) is 26.3 Å². The molecule has 0 bridgehead atoms. The summed E-state index contributed by atoms with van der Waals surface area (Å²) in [5, 5.41) is 7.85. The van der Waals surface area contributed by atoms with Crippen molar-refractivity contribution >= 4 is 32.3 Å². The summed E-state index contributed by atoms with van der Waals surface area (Å²) in [5.41, 5.74) is 8.34. The molecule has 0 saturated heterocycles. The quantitative estimate of drug-likeness (QED) is 0.159. The number of rotatable bonds is 4. The molecule has 0 fully saturated rings. The second-order valence-corrected chi connectivity index (χ2v) is 15.3. The third kappa shape index (κ3) is 4.90. The standard InChI is InChI=1S/C39H46NO/c1-23(2)18-26-12-11-13-27-20-32-35-29(34(26)27)16-17-40(10)36(35)33-24(3)30-19-25(21-38(4,5)6)14-15-28(30)31(37(33)41-32)22-39(7,8)9/h11-17,19-20,23H,18,21-22H2,1-10H3/q+1. The molecule has 6 rings (SSSR count). The molecule has 2 heterocycles. The zero-order chi connectivity index (χ0) is 29.4. The number of hydrogen-bond donors (Lipinski definition) is 0. The van der Waals surface area contributed by atoms with Gasteiger partial charge in [0.05, 0.1) is 10.9 Å². The van der Waals surface area contributed by atoms with Crippen LogP contribution in [0.3, 0.4) is 0 Å². The van der Waals surface area contributed by atoms with Crippen LogP contribution in [0.25, 0.3) is 43.6 Å². The molecule has 5 aromatic rings. The van der Waals surface area contributed by atoms with Crippen LogP contribution < -0.4 is 9.30 Å². The van der Waals surface area contributed by atoms with Gasteiger partial charge in [0.25, 0.3) is 0 Å². The molecule has 2 heteroatoms. The van der Waals surface area contributed by atoms with E-state index >= 15 is 0 Å². The van der Waals surface area contributed by atoms with Crippen molar-refractivity contribution in [3.63, 3.8) is 0 Å². The fourth-order valence-electron chi connectivity index (χ4n) is 7.06. The summed E-state index contributed by atoms with van der Waals surface area (Å²) in [6.07, 6.45) is 5.33. The number of aryl methyl sites for hydroxylation is 2. The van der Waals surface area contributed by atoms with Crippen LogP contribution >= 0.6 is 0 Å². The Kier molecular flexibility index (Phi) is 6.49. The first kappa shape index (κ1) is 27.8. The Bertz CT molecular complexity index is 1840. The number of hydrogen-bond acceptors (Lipinski definition) is 1. The second-order valence-electron chi connectivity index (χ2n) is 15.3.